The van der Waals surface area contributed by atoms with Crippen molar-refractivity contribution in [1.82, 2.24) is 15.2 Å². The number of ether oxygens (including phenoxy) is 1. The van der Waals surface area contributed by atoms with Crippen LogP contribution in [-0.4, -0.2) is 40.7 Å². The largest absolute Gasteiger partial charge is 0.444 e. The molecule has 1 fully saturated rings. The summed E-state index contributed by atoms with van der Waals surface area (Å²) in [6.45, 7) is 8.16. The number of likely N-dealkylation sites (tertiary alicyclic amines) is 1. The van der Waals surface area contributed by atoms with Gasteiger partial charge in [-0.15, -0.1) is 0 Å². The molecule has 2 rings (SSSR count). The molecule has 2 N–H and O–H groups in total. The Kier molecular flexibility index (Phi) is 5.28. The molecule has 1 aliphatic heterocycles. The van der Waals surface area contributed by atoms with E-state index in [1.54, 1.807) is 0 Å². The number of hydrogen-bond acceptors (Lipinski definition) is 3. The minimum Gasteiger partial charge on any atom is -0.444 e. The smallest absolute Gasteiger partial charge is 0.410 e. The second kappa shape index (κ2) is 6.98. The molecular weight excluding hydrogens is 266 g/mol. The highest BCUT2D eigenvalue weighted by atomic mass is 16.6. The summed E-state index contributed by atoms with van der Waals surface area (Å²) in [6, 6.07) is 2.28. The zero-order valence-electron chi connectivity index (χ0n) is 13.3. The lowest BCUT2D eigenvalue weighted by molar-refractivity contribution is 0.00993. The number of amides is 1. The van der Waals surface area contributed by atoms with E-state index < -0.39 is 5.60 Å². The van der Waals surface area contributed by atoms with E-state index in [0.29, 0.717) is 0 Å². The third-order valence-corrected chi connectivity index (χ3v) is 3.63. The number of nitrogens with zero attached hydrogens (tertiary/aromatic N) is 1. The third kappa shape index (κ3) is 5.08. The predicted octanol–water partition coefficient (Wildman–Crippen LogP) is 2.89. The molecular formula is C16H27N3O2. The minimum absolute atomic E-state index is 0.185. The average molecular weight is 293 g/mol. The lowest BCUT2D eigenvalue weighted by Gasteiger charge is -2.36. The van der Waals surface area contributed by atoms with Crippen LogP contribution in [-0.2, 0) is 11.3 Å². The molecule has 1 unspecified atom stereocenters. The Bertz CT molecular complexity index is 437. The van der Waals surface area contributed by atoms with Crippen molar-refractivity contribution in [1.29, 1.82) is 0 Å². The van der Waals surface area contributed by atoms with Crippen molar-refractivity contribution in [2.75, 3.05) is 13.1 Å². The fraction of sp³-hybridized carbons (Fsp3) is 0.688. The summed E-state index contributed by atoms with van der Waals surface area (Å²) in [6.07, 6.45) is 7.00. The van der Waals surface area contributed by atoms with Crippen molar-refractivity contribution in [3.8, 4) is 0 Å². The summed E-state index contributed by atoms with van der Waals surface area (Å²) in [5, 5.41) is 3.44. The maximum atomic E-state index is 12.3. The van der Waals surface area contributed by atoms with E-state index in [9.17, 15) is 4.79 Å². The van der Waals surface area contributed by atoms with Gasteiger partial charge in [-0.05, 0) is 51.7 Å². The molecule has 0 spiro atoms. The molecule has 0 saturated carbocycles. The van der Waals surface area contributed by atoms with Crippen molar-refractivity contribution in [2.45, 2.75) is 58.2 Å². The number of carbonyl (C=O) groups excluding carboxylic acids is 1. The topological polar surface area (TPSA) is 57.4 Å². The van der Waals surface area contributed by atoms with Crippen LogP contribution in [0, 0.1) is 0 Å². The van der Waals surface area contributed by atoms with Crippen LogP contribution in [0.1, 0.15) is 45.6 Å². The predicted molar refractivity (Wildman–Crippen MR) is 83.1 cm³/mol. The molecule has 0 aromatic carbocycles. The quantitative estimate of drug-likeness (QED) is 0.897. The van der Waals surface area contributed by atoms with Gasteiger partial charge in [-0.1, -0.05) is 0 Å². The van der Waals surface area contributed by atoms with Gasteiger partial charge in [0.2, 0.25) is 0 Å². The molecule has 1 saturated heterocycles. The number of nitrogens with one attached hydrogen (secondary N) is 2. The molecule has 0 bridgehead atoms. The Morgan fingerprint density at radius 3 is 2.95 bits per heavy atom. The van der Waals surface area contributed by atoms with Crippen LogP contribution in [0.15, 0.2) is 18.5 Å². The zero-order valence-corrected chi connectivity index (χ0v) is 13.3. The van der Waals surface area contributed by atoms with E-state index in [1.807, 2.05) is 38.1 Å². The molecule has 1 amide bonds. The Labute approximate surface area is 127 Å². The molecule has 2 heterocycles. The normalized spacial score (nSPS) is 19.6. The SMILES string of the molecule is CC(C)(C)OC(=O)N1CCCCC1CNCc1cc[nH]c1. The van der Waals surface area contributed by atoms with Crippen molar-refractivity contribution >= 4 is 6.09 Å². The number of aromatic nitrogens is 1. The minimum atomic E-state index is -0.433. The molecule has 21 heavy (non-hydrogen) atoms. The number of piperidine rings is 1. The summed E-state index contributed by atoms with van der Waals surface area (Å²) in [5.41, 5.74) is 0.798. The zero-order chi connectivity index (χ0) is 15.3. The van der Waals surface area contributed by atoms with Crippen LogP contribution in [0.5, 0.6) is 0 Å². The van der Waals surface area contributed by atoms with Crippen molar-refractivity contribution < 1.29 is 9.53 Å². The molecule has 1 aromatic rings. The second-order valence-corrected chi connectivity index (χ2v) is 6.67. The lowest BCUT2D eigenvalue weighted by Crippen LogP contribution is -2.50. The maximum Gasteiger partial charge on any atom is 0.410 e. The highest BCUT2D eigenvalue weighted by Crippen LogP contribution is 2.20. The molecule has 0 aliphatic carbocycles. The van der Waals surface area contributed by atoms with Gasteiger partial charge in [0.15, 0.2) is 0 Å². The van der Waals surface area contributed by atoms with Crippen LogP contribution in [0.4, 0.5) is 4.79 Å². The van der Waals surface area contributed by atoms with E-state index in [-0.39, 0.29) is 12.1 Å². The van der Waals surface area contributed by atoms with Gasteiger partial charge in [-0.2, -0.15) is 0 Å². The Morgan fingerprint density at radius 1 is 1.48 bits per heavy atom. The maximum absolute atomic E-state index is 12.3. The van der Waals surface area contributed by atoms with Crippen LogP contribution in [0.2, 0.25) is 0 Å². The van der Waals surface area contributed by atoms with E-state index in [0.717, 1.165) is 32.5 Å². The fourth-order valence-corrected chi connectivity index (χ4v) is 2.63. The second-order valence-electron chi connectivity index (χ2n) is 6.67. The van der Waals surface area contributed by atoms with E-state index in [1.165, 1.54) is 12.0 Å². The van der Waals surface area contributed by atoms with E-state index in [2.05, 4.69) is 16.4 Å². The number of rotatable bonds is 4. The fourth-order valence-electron chi connectivity index (χ4n) is 2.63. The van der Waals surface area contributed by atoms with Crippen molar-refractivity contribution in [3.05, 3.63) is 24.0 Å². The monoisotopic (exact) mass is 293 g/mol. The summed E-state index contributed by atoms with van der Waals surface area (Å²) in [7, 11) is 0. The van der Waals surface area contributed by atoms with Crippen LogP contribution < -0.4 is 5.32 Å². The highest BCUT2D eigenvalue weighted by molar-refractivity contribution is 5.68. The van der Waals surface area contributed by atoms with E-state index >= 15 is 0 Å². The van der Waals surface area contributed by atoms with Gasteiger partial charge in [0.1, 0.15) is 5.60 Å². The first-order chi connectivity index (χ1) is 9.96. The van der Waals surface area contributed by atoms with Gasteiger partial charge in [0.25, 0.3) is 0 Å². The standard InChI is InChI=1S/C16H27N3O2/c1-16(2,3)21-15(20)19-9-5-4-6-14(19)12-18-11-13-7-8-17-10-13/h7-8,10,14,17-18H,4-6,9,11-12H2,1-3H3. The first-order valence-electron chi connectivity index (χ1n) is 7.78. The Morgan fingerprint density at radius 2 is 2.29 bits per heavy atom. The van der Waals surface area contributed by atoms with Crippen molar-refractivity contribution in [2.24, 2.45) is 0 Å². The molecule has 0 radical (unpaired) electrons. The number of hydrogen-bond donors (Lipinski definition) is 2. The van der Waals surface area contributed by atoms with Gasteiger partial charge < -0.3 is 19.9 Å². The summed E-state index contributed by atoms with van der Waals surface area (Å²) in [4.78, 5) is 17.2. The Balaban J connectivity index is 1.84. The van der Waals surface area contributed by atoms with Gasteiger partial charge >= 0.3 is 6.09 Å². The Hall–Kier alpha value is -1.49. The highest BCUT2D eigenvalue weighted by Gasteiger charge is 2.30. The first kappa shape index (κ1) is 15.9. The summed E-state index contributed by atoms with van der Waals surface area (Å²) >= 11 is 0. The first-order valence-corrected chi connectivity index (χ1v) is 7.78. The molecule has 5 heteroatoms. The number of aromatic amines is 1. The number of carbonyl (C=O) groups is 1. The van der Waals surface area contributed by atoms with Crippen molar-refractivity contribution in [3.63, 3.8) is 0 Å². The van der Waals surface area contributed by atoms with Crippen LogP contribution in [0.3, 0.4) is 0 Å². The summed E-state index contributed by atoms with van der Waals surface area (Å²) in [5.74, 6) is 0. The number of H-pyrrole nitrogens is 1. The molecule has 118 valence electrons. The van der Waals surface area contributed by atoms with Crippen LogP contribution in [0.25, 0.3) is 0 Å². The third-order valence-electron chi connectivity index (χ3n) is 3.63. The van der Waals surface area contributed by atoms with Gasteiger partial charge in [0, 0.05) is 38.1 Å². The summed E-state index contributed by atoms with van der Waals surface area (Å²) < 4.78 is 5.51. The van der Waals surface area contributed by atoms with E-state index in [4.69, 9.17) is 4.74 Å². The van der Waals surface area contributed by atoms with Gasteiger partial charge in [0.05, 0.1) is 0 Å². The lowest BCUT2D eigenvalue weighted by atomic mass is 10.0. The molecule has 1 aliphatic rings. The van der Waals surface area contributed by atoms with Gasteiger partial charge in [-0.3, -0.25) is 0 Å². The molecule has 1 aromatic heterocycles. The average Bonchev–Trinajstić information content (AvgIpc) is 2.90. The molecule has 5 nitrogen and oxygen atoms in total. The molecule has 1 atom stereocenters. The van der Waals surface area contributed by atoms with Crippen LogP contribution >= 0.6 is 0 Å². The van der Waals surface area contributed by atoms with Gasteiger partial charge in [-0.25, -0.2) is 4.79 Å².